The summed E-state index contributed by atoms with van der Waals surface area (Å²) in [7, 11) is 0. The summed E-state index contributed by atoms with van der Waals surface area (Å²) in [5.74, 6) is 1.26. The van der Waals surface area contributed by atoms with Crippen LogP contribution in [0.25, 0.3) is 0 Å². The Bertz CT molecular complexity index is 309. The number of aliphatic carboxylic acids is 1. The van der Waals surface area contributed by atoms with Gasteiger partial charge in [0, 0.05) is 0 Å². The number of hydrogen-bond acceptors (Lipinski definition) is 1. The average molecular weight is 443 g/mol. The molecule has 0 aromatic heterocycles. The molecule has 0 amide bonds. The van der Waals surface area contributed by atoms with Gasteiger partial charge in [0.05, 0.1) is 5.92 Å². The minimum absolute atomic E-state index is 0.111. The summed E-state index contributed by atoms with van der Waals surface area (Å²) in [5.41, 5.74) is 0. The van der Waals surface area contributed by atoms with Crippen LogP contribution in [0.1, 0.15) is 165 Å². The van der Waals surface area contributed by atoms with Crippen molar-refractivity contribution in [2.45, 2.75) is 165 Å². The number of unbranched alkanes of at least 4 members (excludes halogenated alkanes) is 7. The van der Waals surface area contributed by atoms with Gasteiger partial charge in [0.1, 0.15) is 0 Å². The lowest BCUT2D eigenvalue weighted by Gasteiger charge is -2.25. The Labute approximate surface area is 198 Å². The van der Waals surface area contributed by atoms with Crippen LogP contribution in [0.3, 0.4) is 0 Å². The van der Waals surface area contributed by atoms with Gasteiger partial charge >= 0.3 is 5.97 Å². The summed E-state index contributed by atoms with van der Waals surface area (Å²) >= 11 is 0. The van der Waals surface area contributed by atoms with E-state index in [4.69, 9.17) is 5.11 Å². The lowest BCUT2D eigenvalue weighted by molar-refractivity contribution is -0.142. The van der Waals surface area contributed by atoms with E-state index in [0.717, 1.165) is 37.5 Å². The van der Waals surface area contributed by atoms with E-state index in [1.54, 1.807) is 0 Å². The van der Waals surface area contributed by atoms with Crippen LogP contribution >= 0.6 is 0 Å². The fourth-order valence-corrected chi connectivity index (χ4v) is 4.11. The molecule has 2 heteroatoms. The second-order valence-corrected chi connectivity index (χ2v) is 9.27. The van der Waals surface area contributed by atoms with Gasteiger partial charge in [-0.2, -0.15) is 0 Å². The standard InChI is InChI=1S/C14H30.C8H16O2.C7H16/c1-5-9-11-13(7-3)14(8-4)12-10-6-2;1-3-5-6-7(4-2)8(9)10;1-3-5-7-6-4-2/h13-14H,5-12H2,1-4H3;7H,3-6H2,1-2H3,(H,9,10);3-7H2,1-2H3. The molecule has 0 aliphatic heterocycles. The van der Waals surface area contributed by atoms with Gasteiger partial charge in [-0.15, -0.1) is 0 Å². The van der Waals surface area contributed by atoms with Crippen molar-refractivity contribution < 1.29 is 9.90 Å². The third kappa shape index (κ3) is 25.6. The first-order valence-corrected chi connectivity index (χ1v) is 14.2. The molecule has 0 spiro atoms. The maximum Gasteiger partial charge on any atom is 0.306 e. The van der Waals surface area contributed by atoms with Crippen molar-refractivity contribution >= 4 is 5.97 Å². The molecule has 0 aromatic carbocycles. The number of carboxylic acid groups (broad SMARTS) is 1. The van der Waals surface area contributed by atoms with Gasteiger partial charge in [-0.05, 0) is 24.7 Å². The zero-order valence-corrected chi connectivity index (χ0v) is 23.1. The minimum atomic E-state index is -0.643. The van der Waals surface area contributed by atoms with Gasteiger partial charge < -0.3 is 5.11 Å². The number of carboxylic acids is 1. The molecule has 0 heterocycles. The van der Waals surface area contributed by atoms with E-state index in [2.05, 4.69) is 48.5 Å². The van der Waals surface area contributed by atoms with Crippen LogP contribution in [0.2, 0.25) is 0 Å². The first kappa shape index (κ1) is 35.1. The molecule has 0 aromatic rings. The SMILES string of the molecule is CCCCC(CC)C(=O)O.CCCCC(CC)C(CC)CCCC.CCCCCCC. The number of rotatable bonds is 18. The van der Waals surface area contributed by atoms with Gasteiger partial charge in [-0.3, -0.25) is 4.79 Å². The summed E-state index contributed by atoms with van der Waals surface area (Å²) in [6, 6.07) is 0. The lowest BCUT2D eigenvalue weighted by Crippen LogP contribution is -2.13. The Balaban J connectivity index is -0.000000404. The Kier molecular flexibility index (Phi) is 33.3. The highest BCUT2D eigenvalue weighted by Gasteiger charge is 2.16. The average Bonchev–Trinajstić information content (AvgIpc) is 2.77. The molecular weight excluding hydrogens is 380 g/mol. The number of carbonyl (C=O) groups is 1. The Morgan fingerprint density at radius 1 is 0.516 bits per heavy atom. The van der Waals surface area contributed by atoms with Crippen molar-refractivity contribution in [2.24, 2.45) is 17.8 Å². The molecule has 31 heavy (non-hydrogen) atoms. The highest BCUT2D eigenvalue weighted by Crippen LogP contribution is 2.28. The zero-order valence-electron chi connectivity index (χ0n) is 23.1. The summed E-state index contributed by atoms with van der Waals surface area (Å²) in [4.78, 5) is 10.4. The fraction of sp³-hybridized carbons (Fsp3) is 0.966. The van der Waals surface area contributed by atoms with Gasteiger partial charge in [-0.1, -0.05) is 152 Å². The second-order valence-electron chi connectivity index (χ2n) is 9.27. The monoisotopic (exact) mass is 442 g/mol. The molecule has 2 nitrogen and oxygen atoms in total. The van der Waals surface area contributed by atoms with Gasteiger partial charge in [0.2, 0.25) is 0 Å². The molecule has 3 unspecified atom stereocenters. The molecule has 0 rings (SSSR count). The van der Waals surface area contributed by atoms with Crippen molar-refractivity contribution in [3.63, 3.8) is 0 Å². The molecule has 0 saturated heterocycles. The van der Waals surface area contributed by atoms with Crippen LogP contribution in [-0.4, -0.2) is 11.1 Å². The maximum atomic E-state index is 10.4. The highest BCUT2D eigenvalue weighted by molar-refractivity contribution is 5.69. The van der Waals surface area contributed by atoms with Crippen LogP contribution in [0.15, 0.2) is 0 Å². The van der Waals surface area contributed by atoms with Crippen molar-refractivity contribution in [2.75, 3.05) is 0 Å². The van der Waals surface area contributed by atoms with Crippen molar-refractivity contribution in [1.82, 2.24) is 0 Å². The smallest absolute Gasteiger partial charge is 0.306 e. The van der Waals surface area contributed by atoms with Gasteiger partial charge in [0.15, 0.2) is 0 Å². The van der Waals surface area contributed by atoms with E-state index in [1.807, 2.05) is 6.92 Å². The van der Waals surface area contributed by atoms with Crippen LogP contribution in [0.4, 0.5) is 0 Å². The minimum Gasteiger partial charge on any atom is -0.481 e. The van der Waals surface area contributed by atoms with E-state index >= 15 is 0 Å². The molecule has 0 aliphatic carbocycles. The van der Waals surface area contributed by atoms with Crippen LogP contribution in [0.5, 0.6) is 0 Å². The normalized spacial score (nSPS) is 13.3. The zero-order chi connectivity index (χ0) is 24.3. The van der Waals surface area contributed by atoms with E-state index < -0.39 is 5.97 Å². The number of hydrogen-bond donors (Lipinski definition) is 1. The third-order valence-electron chi connectivity index (χ3n) is 6.53. The highest BCUT2D eigenvalue weighted by atomic mass is 16.4. The first-order valence-electron chi connectivity index (χ1n) is 14.2. The molecule has 0 radical (unpaired) electrons. The summed E-state index contributed by atoms with van der Waals surface area (Å²) in [6.07, 6.45) is 22.0. The molecule has 0 saturated carbocycles. The van der Waals surface area contributed by atoms with E-state index in [-0.39, 0.29) is 5.92 Å². The second kappa shape index (κ2) is 29.5. The van der Waals surface area contributed by atoms with E-state index in [9.17, 15) is 4.79 Å². The van der Waals surface area contributed by atoms with Crippen LogP contribution in [0, 0.1) is 17.8 Å². The van der Waals surface area contributed by atoms with Crippen molar-refractivity contribution in [3.05, 3.63) is 0 Å². The first-order chi connectivity index (χ1) is 14.9. The van der Waals surface area contributed by atoms with E-state index in [1.165, 1.54) is 83.5 Å². The summed E-state index contributed by atoms with van der Waals surface area (Å²) in [6.45, 7) is 17.8. The van der Waals surface area contributed by atoms with Crippen molar-refractivity contribution in [3.8, 4) is 0 Å². The Morgan fingerprint density at radius 3 is 1.13 bits per heavy atom. The molecule has 0 aliphatic rings. The lowest BCUT2D eigenvalue weighted by atomic mass is 9.81. The topological polar surface area (TPSA) is 37.3 Å². The van der Waals surface area contributed by atoms with Crippen LogP contribution < -0.4 is 0 Å². The molecule has 190 valence electrons. The maximum absolute atomic E-state index is 10.4. The molecule has 3 atom stereocenters. The predicted octanol–water partition coefficient (Wildman–Crippen LogP) is 10.7. The third-order valence-corrected chi connectivity index (χ3v) is 6.53. The van der Waals surface area contributed by atoms with Crippen molar-refractivity contribution in [1.29, 1.82) is 0 Å². The quantitative estimate of drug-likeness (QED) is 0.214. The fourth-order valence-electron chi connectivity index (χ4n) is 4.11. The van der Waals surface area contributed by atoms with E-state index in [0.29, 0.717) is 0 Å². The predicted molar refractivity (Wildman–Crippen MR) is 142 cm³/mol. The molecule has 0 bridgehead atoms. The van der Waals surface area contributed by atoms with Crippen LogP contribution in [-0.2, 0) is 4.79 Å². The summed E-state index contributed by atoms with van der Waals surface area (Å²) < 4.78 is 0. The molecule has 0 fully saturated rings. The summed E-state index contributed by atoms with van der Waals surface area (Å²) in [5, 5.41) is 8.60. The Hall–Kier alpha value is -0.530. The van der Waals surface area contributed by atoms with Gasteiger partial charge in [-0.25, -0.2) is 0 Å². The molecular formula is C29H62O2. The largest absolute Gasteiger partial charge is 0.481 e. The Morgan fingerprint density at radius 2 is 0.871 bits per heavy atom. The van der Waals surface area contributed by atoms with Gasteiger partial charge in [0.25, 0.3) is 0 Å². The molecule has 1 N–H and O–H groups in total.